The summed E-state index contributed by atoms with van der Waals surface area (Å²) < 4.78 is 5.35. The number of para-hydroxylation sites is 1. The number of nitrogens with zero attached hydrogens (tertiary/aromatic N) is 1. The molecule has 0 fully saturated rings. The van der Waals surface area contributed by atoms with E-state index in [0.29, 0.717) is 0 Å². The third-order valence-electron chi connectivity index (χ3n) is 3.13. The number of rotatable bonds is 3. The summed E-state index contributed by atoms with van der Waals surface area (Å²) in [5.74, 6) is 0.797. The summed E-state index contributed by atoms with van der Waals surface area (Å²) in [6.07, 6.45) is 0. The van der Waals surface area contributed by atoms with Crippen LogP contribution in [-0.4, -0.2) is 17.2 Å². The molecule has 0 saturated carbocycles. The van der Waals surface area contributed by atoms with Gasteiger partial charge >= 0.3 is 0 Å². The van der Waals surface area contributed by atoms with Crippen molar-refractivity contribution in [2.75, 3.05) is 7.11 Å². The Morgan fingerprint density at radius 1 is 1.11 bits per heavy atom. The van der Waals surface area contributed by atoms with Crippen LogP contribution in [0.4, 0.5) is 0 Å². The maximum Gasteiger partial charge on any atom is 0.128 e. The summed E-state index contributed by atoms with van der Waals surface area (Å²) in [5, 5.41) is 10.1. The van der Waals surface area contributed by atoms with Crippen LogP contribution in [0, 0.1) is 6.92 Å². The van der Waals surface area contributed by atoms with E-state index in [1.54, 1.807) is 21.0 Å². The highest BCUT2D eigenvalue weighted by Gasteiger charge is 2.19. The molecule has 0 unspecified atom stereocenters. The van der Waals surface area contributed by atoms with Crippen molar-refractivity contribution in [2.24, 2.45) is 0 Å². The zero-order valence-electron chi connectivity index (χ0n) is 11.8. The average molecular weight is 257 g/mol. The Labute approximate surface area is 113 Å². The van der Waals surface area contributed by atoms with Crippen LogP contribution in [0.5, 0.6) is 5.75 Å². The first-order valence-electron chi connectivity index (χ1n) is 6.27. The summed E-state index contributed by atoms with van der Waals surface area (Å²) in [4.78, 5) is 4.58. The highest BCUT2D eigenvalue weighted by Crippen LogP contribution is 2.30. The number of aromatic nitrogens is 1. The SMILES string of the molecule is COc1ccccc1-c1ccc(C(C)(C)O)c(C)n1. The normalized spacial score (nSPS) is 11.4. The van der Waals surface area contributed by atoms with Gasteiger partial charge in [-0.15, -0.1) is 0 Å². The lowest BCUT2D eigenvalue weighted by Crippen LogP contribution is -2.17. The minimum atomic E-state index is -0.879. The number of pyridine rings is 1. The molecular formula is C16H19NO2. The first kappa shape index (κ1) is 13.6. The molecule has 3 heteroatoms. The minimum absolute atomic E-state index is 0.797. The molecule has 0 saturated heterocycles. The predicted octanol–water partition coefficient (Wildman–Crippen LogP) is 3.29. The van der Waals surface area contributed by atoms with Gasteiger partial charge in [-0.2, -0.15) is 0 Å². The van der Waals surface area contributed by atoms with Gasteiger partial charge in [-0.25, -0.2) is 0 Å². The number of methoxy groups -OCH3 is 1. The quantitative estimate of drug-likeness (QED) is 0.917. The Bertz CT molecular complexity index is 586. The van der Waals surface area contributed by atoms with Crippen molar-refractivity contribution in [1.82, 2.24) is 4.98 Å². The Morgan fingerprint density at radius 3 is 2.37 bits per heavy atom. The molecule has 1 aromatic carbocycles. The fraction of sp³-hybridized carbons (Fsp3) is 0.312. The molecule has 2 rings (SSSR count). The van der Waals surface area contributed by atoms with Crippen LogP contribution < -0.4 is 4.74 Å². The molecule has 0 aliphatic rings. The summed E-state index contributed by atoms with van der Waals surface area (Å²) >= 11 is 0. The highest BCUT2D eigenvalue weighted by molar-refractivity contribution is 5.67. The molecule has 0 radical (unpaired) electrons. The van der Waals surface area contributed by atoms with Crippen LogP contribution in [0.1, 0.15) is 25.1 Å². The molecule has 1 heterocycles. The second-order valence-electron chi connectivity index (χ2n) is 5.09. The van der Waals surface area contributed by atoms with E-state index >= 15 is 0 Å². The zero-order valence-corrected chi connectivity index (χ0v) is 11.8. The van der Waals surface area contributed by atoms with Gasteiger partial charge in [-0.05, 0) is 39.0 Å². The number of ether oxygens (including phenoxy) is 1. The molecule has 19 heavy (non-hydrogen) atoms. The fourth-order valence-electron chi connectivity index (χ4n) is 2.21. The van der Waals surface area contributed by atoms with Gasteiger partial charge in [0.15, 0.2) is 0 Å². The van der Waals surface area contributed by atoms with Gasteiger partial charge in [-0.3, -0.25) is 4.98 Å². The van der Waals surface area contributed by atoms with Gasteiger partial charge in [0.25, 0.3) is 0 Å². The van der Waals surface area contributed by atoms with E-state index in [9.17, 15) is 5.11 Å². The van der Waals surface area contributed by atoms with Crippen molar-refractivity contribution in [2.45, 2.75) is 26.4 Å². The van der Waals surface area contributed by atoms with Crippen LogP contribution in [0.3, 0.4) is 0 Å². The van der Waals surface area contributed by atoms with Crippen molar-refractivity contribution >= 4 is 0 Å². The fourth-order valence-corrected chi connectivity index (χ4v) is 2.21. The summed E-state index contributed by atoms with van der Waals surface area (Å²) in [5.41, 5.74) is 2.59. The zero-order chi connectivity index (χ0) is 14.0. The standard InChI is InChI=1S/C16H19NO2/c1-11-13(16(2,3)18)9-10-14(17-11)12-7-5-6-8-15(12)19-4/h5-10,18H,1-4H3. The van der Waals surface area contributed by atoms with Crippen LogP contribution in [-0.2, 0) is 5.60 Å². The van der Waals surface area contributed by atoms with E-state index in [4.69, 9.17) is 4.74 Å². The minimum Gasteiger partial charge on any atom is -0.496 e. The van der Waals surface area contributed by atoms with Crippen molar-refractivity contribution in [3.8, 4) is 17.0 Å². The Kier molecular flexibility index (Phi) is 3.58. The number of benzene rings is 1. The average Bonchev–Trinajstić information content (AvgIpc) is 2.37. The summed E-state index contributed by atoms with van der Waals surface area (Å²) in [6, 6.07) is 11.6. The highest BCUT2D eigenvalue weighted by atomic mass is 16.5. The Morgan fingerprint density at radius 2 is 1.79 bits per heavy atom. The summed E-state index contributed by atoms with van der Waals surface area (Å²) in [7, 11) is 1.65. The molecule has 1 N–H and O–H groups in total. The van der Waals surface area contributed by atoms with Crippen LogP contribution in [0.15, 0.2) is 36.4 Å². The maximum atomic E-state index is 10.1. The van der Waals surface area contributed by atoms with Crippen molar-refractivity contribution < 1.29 is 9.84 Å². The van der Waals surface area contributed by atoms with Crippen LogP contribution in [0.25, 0.3) is 11.3 Å². The van der Waals surface area contributed by atoms with E-state index in [-0.39, 0.29) is 0 Å². The number of aliphatic hydroxyl groups is 1. The molecule has 0 atom stereocenters. The van der Waals surface area contributed by atoms with E-state index in [2.05, 4.69) is 4.98 Å². The molecule has 0 bridgehead atoms. The van der Waals surface area contributed by atoms with Crippen LogP contribution in [0.2, 0.25) is 0 Å². The third kappa shape index (κ3) is 2.76. The lowest BCUT2D eigenvalue weighted by molar-refractivity contribution is 0.0775. The van der Waals surface area contributed by atoms with Crippen molar-refractivity contribution in [3.05, 3.63) is 47.7 Å². The predicted molar refractivity (Wildman–Crippen MR) is 76.2 cm³/mol. The van der Waals surface area contributed by atoms with E-state index in [1.165, 1.54) is 0 Å². The Hall–Kier alpha value is -1.87. The lowest BCUT2D eigenvalue weighted by Gasteiger charge is -2.20. The number of hydrogen-bond donors (Lipinski definition) is 1. The first-order chi connectivity index (χ1) is 8.93. The number of hydrogen-bond acceptors (Lipinski definition) is 3. The maximum absolute atomic E-state index is 10.1. The van der Waals surface area contributed by atoms with E-state index < -0.39 is 5.60 Å². The molecule has 0 amide bonds. The monoisotopic (exact) mass is 257 g/mol. The largest absolute Gasteiger partial charge is 0.496 e. The van der Waals surface area contributed by atoms with Gasteiger partial charge in [-0.1, -0.05) is 18.2 Å². The second kappa shape index (κ2) is 5.02. The smallest absolute Gasteiger partial charge is 0.128 e. The molecule has 0 spiro atoms. The molecule has 100 valence electrons. The molecular weight excluding hydrogens is 238 g/mol. The third-order valence-corrected chi connectivity index (χ3v) is 3.13. The van der Waals surface area contributed by atoms with Gasteiger partial charge in [0.05, 0.1) is 18.4 Å². The molecule has 2 aromatic rings. The molecule has 3 nitrogen and oxygen atoms in total. The number of aryl methyl sites for hydroxylation is 1. The lowest BCUT2D eigenvalue weighted by atomic mass is 9.96. The molecule has 0 aliphatic heterocycles. The van der Waals surface area contributed by atoms with E-state index in [1.807, 2.05) is 43.3 Å². The summed E-state index contributed by atoms with van der Waals surface area (Å²) in [6.45, 7) is 5.44. The molecule has 1 aromatic heterocycles. The van der Waals surface area contributed by atoms with Gasteiger partial charge < -0.3 is 9.84 Å². The van der Waals surface area contributed by atoms with Gasteiger partial charge in [0.2, 0.25) is 0 Å². The molecule has 0 aliphatic carbocycles. The van der Waals surface area contributed by atoms with Crippen molar-refractivity contribution in [1.29, 1.82) is 0 Å². The van der Waals surface area contributed by atoms with Crippen molar-refractivity contribution in [3.63, 3.8) is 0 Å². The second-order valence-corrected chi connectivity index (χ2v) is 5.09. The van der Waals surface area contributed by atoms with Crippen LogP contribution >= 0.6 is 0 Å². The topological polar surface area (TPSA) is 42.4 Å². The van der Waals surface area contributed by atoms with Gasteiger partial charge in [0, 0.05) is 16.8 Å². The first-order valence-corrected chi connectivity index (χ1v) is 6.27. The Balaban J connectivity index is 2.51. The van der Waals surface area contributed by atoms with Gasteiger partial charge in [0.1, 0.15) is 5.75 Å². The van der Waals surface area contributed by atoms with E-state index in [0.717, 1.165) is 28.3 Å².